The fourth-order valence-corrected chi connectivity index (χ4v) is 4.77. The number of nitrogens with zero attached hydrogens (tertiary/aromatic N) is 1. The molecule has 2 rings (SSSR count). The molecule has 1 aromatic carbocycles. The van der Waals surface area contributed by atoms with Gasteiger partial charge in [-0.1, -0.05) is 52.3 Å². The molecule has 150 valence electrons. The SMILES string of the molecule is CCCCOC(=O)C1CSC(CC(C)C)N1C(=O)Nc1ccccc1CC. The number of nitrogens with one attached hydrogen (secondary N) is 1. The largest absolute Gasteiger partial charge is 0.464 e. The Balaban J connectivity index is 2.16. The molecule has 1 saturated heterocycles. The third-order valence-electron chi connectivity index (χ3n) is 4.65. The molecule has 1 fully saturated rings. The summed E-state index contributed by atoms with van der Waals surface area (Å²) in [5.74, 6) is 0.738. The Morgan fingerprint density at radius 2 is 2.04 bits per heavy atom. The lowest BCUT2D eigenvalue weighted by Crippen LogP contribution is -2.48. The molecule has 0 aromatic heterocycles. The molecule has 0 radical (unpaired) electrons. The number of para-hydroxylation sites is 1. The van der Waals surface area contributed by atoms with Gasteiger partial charge in [-0.15, -0.1) is 11.8 Å². The topological polar surface area (TPSA) is 58.6 Å². The van der Waals surface area contributed by atoms with Crippen molar-refractivity contribution >= 4 is 29.4 Å². The number of thioether (sulfide) groups is 1. The minimum absolute atomic E-state index is 0.0116. The fourth-order valence-electron chi connectivity index (χ4n) is 3.15. The second-order valence-corrected chi connectivity index (χ2v) is 8.51. The normalized spacial score (nSPS) is 19.4. The van der Waals surface area contributed by atoms with E-state index in [2.05, 4.69) is 33.0 Å². The minimum atomic E-state index is -0.524. The van der Waals surface area contributed by atoms with Gasteiger partial charge in [0.15, 0.2) is 0 Å². The molecule has 5 nitrogen and oxygen atoms in total. The number of esters is 1. The maximum Gasteiger partial charge on any atom is 0.329 e. The van der Waals surface area contributed by atoms with Gasteiger partial charge in [0.1, 0.15) is 6.04 Å². The van der Waals surface area contributed by atoms with Gasteiger partial charge in [-0.3, -0.25) is 4.90 Å². The first kappa shape index (κ1) is 21.6. The van der Waals surface area contributed by atoms with Crippen LogP contribution in [0.3, 0.4) is 0 Å². The molecule has 1 aliphatic rings. The molecule has 2 amide bonds. The molecule has 2 unspecified atom stereocenters. The second kappa shape index (κ2) is 10.6. The van der Waals surface area contributed by atoms with Crippen molar-refractivity contribution in [2.75, 3.05) is 17.7 Å². The van der Waals surface area contributed by atoms with E-state index in [1.165, 1.54) is 0 Å². The summed E-state index contributed by atoms with van der Waals surface area (Å²) in [6, 6.07) is 7.06. The Morgan fingerprint density at radius 3 is 2.70 bits per heavy atom. The summed E-state index contributed by atoms with van der Waals surface area (Å²) in [6.45, 7) is 8.81. The molecule has 0 aliphatic carbocycles. The first-order valence-corrected chi connectivity index (χ1v) is 11.0. The Kier molecular flexibility index (Phi) is 8.48. The van der Waals surface area contributed by atoms with Crippen molar-refractivity contribution in [1.82, 2.24) is 4.90 Å². The van der Waals surface area contributed by atoms with Gasteiger partial charge < -0.3 is 10.1 Å². The summed E-state index contributed by atoms with van der Waals surface area (Å²) < 4.78 is 5.42. The van der Waals surface area contributed by atoms with E-state index in [1.54, 1.807) is 16.7 Å². The van der Waals surface area contributed by atoms with Gasteiger partial charge in [-0.25, -0.2) is 9.59 Å². The van der Waals surface area contributed by atoms with Crippen molar-refractivity contribution in [2.24, 2.45) is 5.92 Å². The highest BCUT2D eigenvalue weighted by Gasteiger charge is 2.42. The van der Waals surface area contributed by atoms with E-state index in [0.29, 0.717) is 18.3 Å². The Bertz CT molecular complexity index is 636. The molecular weight excluding hydrogens is 360 g/mol. The van der Waals surface area contributed by atoms with E-state index in [1.807, 2.05) is 24.3 Å². The Morgan fingerprint density at radius 1 is 1.30 bits per heavy atom. The highest BCUT2D eigenvalue weighted by atomic mass is 32.2. The van der Waals surface area contributed by atoms with Crippen LogP contribution in [0.2, 0.25) is 0 Å². The highest BCUT2D eigenvalue weighted by molar-refractivity contribution is 8.00. The van der Waals surface area contributed by atoms with Crippen LogP contribution in [0.5, 0.6) is 0 Å². The minimum Gasteiger partial charge on any atom is -0.464 e. The van der Waals surface area contributed by atoms with E-state index in [0.717, 1.165) is 36.9 Å². The third-order valence-corrected chi connectivity index (χ3v) is 5.97. The van der Waals surface area contributed by atoms with Gasteiger partial charge in [0, 0.05) is 11.4 Å². The predicted molar refractivity (Wildman–Crippen MR) is 112 cm³/mol. The van der Waals surface area contributed by atoms with Crippen LogP contribution in [0.1, 0.15) is 52.5 Å². The zero-order valence-corrected chi connectivity index (χ0v) is 17.7. The number of carbonyl (C=O) groups excluding carboxylic acids is 2. The number of urea groups is 1. The number of ether oxygens (including phenoxy) is 1. The van der Waals surface area contributed by atoms with Gasteiger partial charge in [0.2, 0.25) is 0 Å². The predicted octanol–water partition coefficient (Wildman–Crippen LogP) is 4.91. The van der Waals surface area contributed by atoms with E-state index >= 15 is 0 Å². The number of aryl methyl sites for hydroxylation is 1. The Hall–Kier alpha value is -1.69. The summed E-state index contributed by atoms with van der Waals surface area (Å²) in [6.07, 6.45) is 3.51. The van der Waals surface area contributed by atoms with Gasteiger partial charge in [0.25, 0.3) is 0 Å². The monoisotopic (exact) mass is 392 g/mol. The number of hydrogen-bond acceptors (Lipinski definition) is 4. The lowest BCUT2D eigenvalue weighted by Gasteiger charge is -2.29. The van der Waals surface area contributed by atoms with Crippen LogP contribution >= 0.6 is 11.8 Å². The number of rotatable bonds is 8. The molecule has 0 saturated carbocycles. The smallest absolute Gasteiger partial charge is 0.329 e. The fraction of sp³-hybridized carbons (Fsp3) is 0.619. The number of carbonyl (C=O) groups is 2. The van der Waals surface area contributed by atoms with Crippen LogP contribution in [0.15, 0.2) is 24.3 Å². The number of benzene rings is 1. The molecule has 1 aliphatic heterocycles. The summed E-state index contributed by atoms with van der Waals surface area (Å²) >= 11 is 1.67. The summed E-state index contributed by atoms with van der Waals surface area (Å²) in [7, 11) is 0. The van der Waals surface area contributed by atoms with Crippen LogP contribution in [-0.4, -0.2) is 40.7 Å². The molecule has 0 bridgehead atoms. The van der Waals surface area contributed by atoms with Crippen molar-refractivity contribution < 1.29 is 14.3 Å². The van der Waals surface area contributed by atoms with Crippen molar-refractivity contribution in [1.29, 1.82) is 0 Å². The van der Waals surface area contributed by atoms with Gasteiger partial charge >= 0.3 is 12.0 Å². The van der Waals surface area contributed by atoms with Gasteiger partial charge in [-0.05, 0) is 36.8 Å². The maximum atomic E-state index is 13.1. The van der Waals surface area contributed by atoms with Crippen molar-refractivity contribution in [3.8, 4) is 0 Å². The first-order valence-electron chi connectivity index (χ1n) is 9.93. The molecule has 0 spiro atoms. The van der Waals surface area contributed by atoms with E-state index < -0.39 is 6.04 Å². The highest BCUT2D eigenvalue weighted by Crippen LogP contribution is 2.34. The van der Waals surface area contributed by atoms with E-state index in [9.17, 15) is 9.59 Å². The van der Waals surface area contributed by atoms with E-state index in [4.69, 9.17) is 4.74 Å². The third kappa shape index (κ3) is 5.89. The second-order valence-electron chi connectivity index (χ2n) is 7.30. The Labute approximate surface area is 167 Å². The maximum absolute atomic E-state index is 13.1. The quantitative estimate of drug-likeness (QED) is 0.504. The van der Waals surface area contributed by atoms with Crippen LogP contribution < -0.4 is 5.32 Å². The average molecular weight is 393 g/mol. The van der Waals surface area contributed by atoms with Crippen molar-refractivity contribution in [2.45, 2.75) is 64.8 Å². The number of amides is 2. The molecule has 1 aromatic rings. The molecule has 27 heavy (non-hydrogen) atoms. The lowest BCUT2D eigenvalue weighted by atomic mass is 10.1. The zero-order chi connectivity index (χ0) is 19.8. The standard InChI is InChI=1S/C21H32N2O3S/c1-5-7-12-26-20(24)18-14-27-19(13-15(3)4)23(18)21(25)22-17-11-9-8-10-16(17)6-2/h8-11,15,18-19H,5-7,12-14H2,1-4H3,(H,22,25). The van der Waals surface area contributed by atoms with Crippen molar-refractivity contribution in [3.63, 3.8) is 0 Å². The molecule has 1 N–H and O–H groups in total. The first-order chi connectivity index (χ1) is 13.0. The van der Waals surface area contributed by atoms with Crippen molar-refractivity contribution in [3.05, 3.63) is 29.8 Å². The van der Waals surface area contributed by atoms with Crippen LogP contribution in [0.25, 0.3) is 0 Å². The number of unbranched alkanes of at least 4 members (excludes halogenated alkanes) is 1. The number of anilines is 1. The zero-order valence-electron chi connectivity index (χ0n) is 16.9. The van der Waals surface area contributed by atoms with Crippen LogP contribution in [0.4, 0.5) is 10.5 Å². The molecule has 1 heterocycles. The summed E-state index contributed by atoms with van der Waals surface area (Å²) in [5, 5.41) is 3.01. The summed E-state index contributed by atoms with van der Waals surface area (Å²) in [5.41, 5.74) is 1.89. The van der Waals surface area contributed by atoms with E-state index in [-0.39, 0.29) is 17.4 Å². The summed E-state index contributed by atoms with van der Waals surface area (Å²) in [4.78, 5) is 27.4. The number of hydrogen-bond donors (Lipinski definition) is 1. The lowest BCUT2D eigenvalue weighted by molar-refractivity contribution is -0.148. The molecule has 6 heteroatoms. The van der Waals surface area contributed by atoms with Crippen LogP contribution in [-0.2, 0) is 16.0 Å². The molecular formula is C21H32N2O3S. The van der Waals surface area contributed by atoms with Gasteiger partial charge in [-0.2, -0.15) is 0 Å². The molecule has 2 atom stereocenters. The van der Waals surface area contributed by atoms with Gasteiger partial charge in [0.05, 0.1) is 12.0 Å². The van der Waals surface area contributed by atoms with Crippen LogP contribution in [0, 0.1) is 5.92 Å². The average Bonchev–Trinajstić information content (AvgIpc) is 3.05.